The highest BCUT2D eigenvalue weighted by Crippen LogP contribution is 2.34. The van der Waals surface area contributed by atoms with Crippen molar-refractivity contribution < 1.29 is 19.4 Å². The fraction of sp³-hybridized carbons (Fsp3) is 0.200. The van der Waals surface area contributed by atoms with Gasteiger partial charge >= 0.3 is 11.7 Å². The maximum Gasteiger partial charge on any atom is 0.349 e. The Balaban J connectivity index is 2.03. The van der Waals surface area contributed by atoms with Gasteiger partial charge in [-0.1, -0.05) is 12.1 Å². The van der Waals surface area contributed by atoms with Crippen molar-refractivity contribution in [1.82, 2.24) is 9.66 Å². The Morgan fingerprint density at radius 1 is 1.30 bits per heavy atom. The van der Waals surface area contributed by atoms with Crippen LogP contribution in [0.3, 0.4) is 0 Å². The number of carboxylic acids is 1. The molecule has 1 heterocycles. The summed E-state index contributed by atoms with van der Waals surface area (Å²) in [6.45, 7) is 3.49. The fourth-order valence-electron chi connectivity index (χ4n) is 2.63. The number of para-hydroxylation sites is 1. The topological polar surface area (TPSA) is 123 Å². The van der Waals surface area contributed by atoms with Crippen molar-refractivity contribution in [2.24, 2.45) is 5.10 Å². The number of nitrogens with one attached hydrogen (secondary N) is 1. The van der Waals surface area contributed by atoms with Crippen molar-refractivity contribution in [3.8, 4) is 11.5 Å². The second kappa shape index (κ2) is 8.95. The van der Waals surface area contributed by atoms with E-state index < -0.39 is 23.3 Å². The molecule has 30 heavy (non-hydrogen) atoms. The number of nitrogens with zero attached hydrogens (tertiary/aromatic N) is 2. The van der Waals surface area contributed by atoms with Gasteiger partial charge in [-0.15, -0.1) is 4.68 Å². The first-order chi connectivity index (χ1) is 14.3. The van der Waals surface area contributed by atoms with E-state index in [4.69, 9.17) is 14.6 Å². The molecule has 0 saturated heterocycles. The Labute approximate surface area is 178 Å². The molecule has 0 fully saturated rings. The lowest BCUT2D eigenvalue weighted by Crippen LogP contribution is -2.32. The van der Waals surface area contributed by atoms with Crippen LogP contribution in [0, 0.1) is 0 Å². The third-order valence-electron chi connectivity index (χ3n) is 4.11. The van der Waals surface area contributed by atoms with Gasteiger partial charge in [-0.05, 0) is 54.0 Å². The minimum atomic E-state index is -1.12. The van der Waals surface area contributed by atoms with Crippen molar-refractivity contribution in [2.45, 2.75) is 20.0 Å². The Hall–Kier alpha value is -3.40. The van der Waals surface area contributed by atoms with Crippen LogP contribution in [0.5, 0.6) is 11.5 Å². The van der Waals surface area contributed by atoms with Crippen molar-refractivity contribution in [3.63, 3.8) is 0 Å². The minimum absolute atomic E-state index is 0.233. The molecule has 0 aliphatic heterocycles. The number of aromatic amines is 1. The SMILES string of the molecule is CCOc1cc(C=Nn2c(=O)[nH]c3ccccc3c2=O)c(Br)cc1OC(C)C(=O)O. The number of fused-ring (bicyclic) bond motifs is 1. The Kier molecular flexibility index (Phi) is 6.36. The Bertz CT molecular complexity index is 1250. The second-order valence-electron chi connectivity index (χ2n) is 6.19. The molecule has 156 valence electrons. The average molecular weight is 476 g/mol. The van der Waals surface area contributed by atoms with Gasteiger partial charge < -0.3 is 19.6 Å². The van der Waals surface area contributed by atoms with Crippen molar-refractivity contribution in [2.75, 3.05) is 6.61 Å². The number of hydrogen-bond donors (Lipinski definition) is 2. The van der Waals surface area contributed by atoms with Crippen LogP contribution >= 0.6 is 15.9 Å². The van der Waals surface area contributed by atoms with Gasteiger partial charge in [-0.3, -0.25) is 4.79 Å². The van der Waals surface area contributed by atoms with Gasteiger partial charge in [0, 0.05) is 10.0 Å². The molecule has 3 aromatic rings. The molecule has 0 aliphatic carbocycles. The Morgan fingerprint density at radius 2 is 2.03 bits per heavy atom. The van der Waals surface area contributed by atoms with Gasteiger partial charge in [0.05, 0.1) is 23.7 Å². The first kappa shape index (κ1) is 21.3. The van der Waals surface area contributed by atoms with Gasteiger partial charge in [0.25, 0.3) is 5.56 Å². The number of aromatic nitrogens is 2. The molecule has 1 aromatic heterocycles. The number of hydrogen-bond acceptors (Lipinski definition) is 6. The van der Waals surface area contributed by atoms with E-state index in [-0.39, 0.29) is 5.75 Å². The summed E-state index contributed by atoms with van der Waals surface area (Å²) < 4.78 is 12.2. The molecular formula is C20H18BrN3O6. The maximum absolute atomic E-state index is 12.6. The van der Waals surface area contributed by atoms with Gasteiger partial charge in [-0.2, -0.15) is 5.10 Å². The first-order valence-electron chi connectivity index (χ1n) is 8.96. The highest BCUT2D eigenvalue weighted by Gasteiger charge is 2.17. The molecule has 0 spiro atoms. The summed E-state index contributed by atoms with van der Waals surface area (Å²) in [6, 6.07) is 9.75. The molecule has 2 N–H and O–H groups in total. The number of ether oxygens (including phenoxy) is 2. The third-order valence-corrected chi connectivity index (χ3v) is 4.80. The van der Waals surface area contributed by atoms with Crippen LogP contribution in [-0.4, -0.2) is 39.7 Å². The zero-order valence-electron chi connectivity index (χ0n) is 16.1. The zero-order chi connectivity index (χ0) is 21.8. The molecule has 1 unspecified atom stereocenters. The van der Waals surface area contributed by atoms with E-state index in [1.165, 1.54) is 13.1 Å². The van der Waals surface area contributed by atoms with Crippen molar-refractivity contribution >= 4 is 39.0 Å². The lowest BCUT2D eigenvalue weighted by Gasteiger charge is -2.16. The second-order valence-corrected chi connectivity index (χ2v) is 7.04. The quantitative estimate of drug-likeness (QED) is 0.506. The molecule has 0 bridgehead atoms. The number of halogens is 1. The summed E-state index contributed by atoms with van der Waals surface area (Å²) in [5.74, 6) is -0.583. The van der Waals surface area contributed by atoms with Crippen LogP contribution in [-0.2, 0) is 4.79 Å². The summed E-state index contributed by atoms with van der Waals surface area (Å²) >= 11 is 3.36. The number of rotatable bonds is 7. The van der Waals surface area contributed by atoms with Crippen molar-refractivity contribution in [1.29, 1.82) is 0 Å². The van der Waals surface area contributed by atoms with Crippen LogP contribution < -0.4 is 20.7 Å². The van der Waals surface area contributed by atoms with Gasteiger partial charge in [-0.25, -0.2) is 9.59 Å². The van der Waals surface area contributed by atoms with Gasteiger partial charge in [0.2, 0.25) is 0 Å². The zero-order valence-corrected chi connectivity index (χ0v) is 17.7. The fourth-order valence-corrected chi connectivity index (χ4v) is 3.05. The largest absolute Gasteiger partial charge is 0.490 e. The minimum Gasteiger partial charge on any atom is -0.490 e. The molecule has 0 radical (unpaired) electrons. The standard InChI is InChI=1S/C20H18BrN3O6/c1-3-29-16-8-12(14(21)9-17(16)30-11(2)19(26)27)10-22-24-18(25)13-6-4-5-7-15(13)23-20(24)28/h4-11H,3H2,1-2H3,(H,23,28)(H,26,27). The predicted octanol–water partition coefficient (Wildman–Crippen LogP) is 2.59. The first-order valence-corrected chi connectivity index (χ1v) is 9.75. The van der Waals surface area contributed by atoms with Gasteiger partial charge in [0.1, 0.15) is 0 Å². The molecular weight excluding hydrogens is 458 g/mol. The summed E-state index contributed by atoms with van der Waals surface area (Å²) in [6.07, 6.45) is 0.243. The van der Waals surface area contributed by atoms with Crippen LogP contribution in [0.1, 0.15) is 19.4 Å². The molecule has 9 nitrogen and oxygen atoms in total. The number of aliphatic carboxylic acids is 1. The van der Waals surface area contributed by atoms with E-state index in [2.05, 4.69) is 26.0 Å². The molecule has 0 saturated carbocycles. The highest BCUT2D eigenvalue weighted by atomic mass is 79.9. The number of carbonyl (C=O) groups is 1. The molecule has 1 atom stereocenters. The van der Waals surface area contributed by atoms with Crippen LogP contribution in [0.4, 0.5) is 0 Å². The number of benzene rings is 2. The number of carboxylic acid groups (broad SMARTS) is 1. The molecule has 0 amide bonds. The molecule has 2 aromatic carbocycles. The van der Waals surface area contributed by atoms with Crippen molar-refractivity contribution in [3.05, 3.63) is 67.3 Å². The van der Waals surface area contributed by atoms with E-state index >= 15 is 0 Å². The summed E-state index contributed by atoms with van der Waals surface area (Å²) in [5, 5.41) is 13.4. The number of H-pyrrole nitrogens is 1. The normalized spacial score (nSPS) is 12.2. The van der Waals surface area contributed by atoms with E-state index in [0.29, 0.717) is 33.3 Å². The third kappa shape index (κ3) is 4.43. The van der Waals surface area contributed by atoms with Crippen LogP contribution in [0.15, 0.2) is 55.6 Å². The lowest BCUT2D eigenvalue weighted by molar-refractivity contribution is -0.144. The summed E-state index contributed by atoms with van der Waals surface area (Å²) in [4.78, 5) is 38.5. The maximum atomic E-state index is 12.6. The molecule has 3 rings (SSSR count). The molecule has 10 heteroatoms. The monoisotopic (exact) mass is 475 g/mol. The van der Waals surface area contributed by atoms with Gasteiger partial charge in [0.15, 0.2) is 17.6 Å². The predicted molar refractivity (Wildman–Crippen MR) is 115 cm³/mol. The smallest absolute Gasteiger partial charge is 0.349 e. The summed E-state index contributed by atoms with van der Waals surface area (Å²) in [5.41, 5.74) is -0.311. The average Bonchev–Trinajstić information content (AvgIpc) is 2.70. The Morgan fingerprint density at radius 3 is 2.73 bits per heavy atom. The lowest BCUT2D eigenvalue weighted by atomic mass is 10.2. The van der Waals surface area contributed by atoms with Crippen LogP contribution in [0.2, 0.25) is 0 Å². The molecule has 0 aliphatic rings. The summed E-state index contributed by atoms with van der Waals surface area (Å²) in [7, 11) is 0. The highest BCUT2D eigenvalue weighted by molar-refractivity contribution is 9.10. The van der Waals surface area contributed by atoms with Crippen LogP contribution in [0.25, 0.3) is 10.9 Å². The van der Waals surface area contributed by atoms with E-state index in [1.807, 2.05) is 0 Å². The van der Waals surface area contributed by atoms with E-state index in [1.54, 1.807) is 43.3 Å². The van der Waals surface area contributed by atoms with E-state index in [9.17, 15) is 14.4 Å². The van der Waals surface area contributed by atoms with E-state index in [0.717, 1.165) is 4.68 Å².